The number of methoxy groups -OCH3 is 1. The van der Waals surface area contributed by atoms with Crippen molar-refractivity contribution in [2.75, 3.05) is 19.0 Å². The van der Waals surface area contributed by atoms with E-state index in [4.69, 9.17) is 4.74 Å². The molecule has 0 aromatic heterocycles. The number of anilines is 1. The Labute approximate surface area is 119 Å². The van der Waals surface area contributed by atoms with Gasteiger partial charge in [0.05, 0.1) is 11.7 Å². The van der Waals surface area contributed by atoms with Crippen LogP contribution in [0.5, 0.6) is 0 Å². The Balaban J connectivity index is 1.82. The first-order chi connectivity index (χ1) is 9.54. The molecule has 1 atom stereocenters. The molecule has 2 amide bonds. The largest absolute Gasteiger partial charge is 0.389 e. The van der Waals surface area contributed by atoms with Crippen molar-refractivity contribution >= 4 is 11.7 Å². The highest BCUT2D eigenvalue weighted by Gasteiger charge is 2.37. The van der Waals surface area contributed by atoms with E-state index in [1.807, 2.05) is 0 Å². The maximum Gasteiger partial charge on any atom is 0.319 e. The van der Waals surface area contributed by atoms with Crippen LogP contribution in [-0.2, 0) is 4.74 Å². The van der Waals surface area contributed by atoms with Crippen LogP contribution in [0.2, 0.25) is 0 Å². The average molecular weight is 278 g/mol. The van der Waals surface area contributed by atoms with E-state index in [9.17, 15) is 9.90 Å². The van der Waals surface area contributed by atoms with Crippen molar-refractivity contribution in [1.82, 2.24) is 5.32 Å². The lowest BCUT2D eigenvalue weighted by Crippen LogP contribution is -2.50. The fourth-order valence-electron chi connectivity index (χ4n) is 2.29. The zero-order chi connectivity index (χ0) is 14.6. The van der Waals surface area contributed by atoms with E-state index in [1.54, 1.807) is 38.3 Å². The Morgan fingerprint density at radius 3 is 2.50 bits per heavy atom. The van der Waals surface area contributed by atoms with Gasteiger partial charge in [-0.25, -0.2) is 4.79 Å². The highest BCUT2D eigenvalue weighted by molar-refractivity contribution is 5.89. The van der Waals surface area contributed by atoms with Gasteiger partial charge in [0.1, 0.15) is 0 Å². The number of ether oxygens (including phenoxy) is 1. The van der Waals surface area contributed by atoms with Crippen LogP contribution in [0, 0.1) is 0 Å². The minimum Gasteiger partial charge on any atom is -0.389 e. The van der Waals surface area contributed by atoms with Gasteiger partial charge in [0.2, 0.25) is 0 Å². The second-order valence-corrected chi connectivity index (χ2v) is 5.35. The lowest BCUT2D eigenvalue weighted by atomic mass is 9.80. The summed E-state index contributed by atoms with van der Waals surface area (Å²) < 4.78 is 5.45. The highest BCUT2D eigenvalue weighted by atomic mass is 16.5. The Morgan fingerprint density at radius 1 is 1.40 bits per heavy atom. The Bertz CT molecular complexity index is 447. The summed E-state index contributed by atoms with van der Waals surface area (Å²) in [7, 11) is 1.69. The lowest BCUT2D eigenvalue weighted by molar-refractivity contribution is -0.0671. The molecular weight excluding hydrogens is 256 g/mol. The zero-order valence-electron chi connectivity index (χ0n) is 12.0. The first kappa shape index (κ1) is 14.8. The number of carbonyl (C=O) groups excluding carboxylic acids is 1. The van der Waals surface area contributed by atoms with Gasteiger partial charge in [-0.2, -0.15) is 0 Å². The fourth-order valence-corrected chi connectivity index (χ4v) is 2.29. The van der Waals surface area contributed by atoms with E-state index in [0.717, 1.165) is 24.8 Å². The van der Waals surface area contributed by atoms with E-state index < -0.39 is 6.10 Å². The number of aliphatic hydroxyl groups is 1. The van der Waals surface area contributed by atoms with Crippen LogP contribution < -0.4 is 10.6 Å². The van der Waals surface area contributed by atoms with E-state index in [2.05, 4.69) is 10.6 Å². The number of nitrogens with one attached hydrogen (secondary N) is 2. The van der Waals surface area contributed by atoms with E-state index >= 15 is 0 Å². The first-order valence-electron chi connectivity index (χ1n) is 6.93. The molecule has 3 N–H and O–H groups in total. The van der Waals surface area contributed by atoms with Gasteiger partial charge in [-0.05, 0) is 43.9 Å². The molecule has 1 aromatic rings. The van der Waals surface area contributed by atoms with Crippen molar-refractivity contribution in [1.29, 1.82) is 0 Å². The van der Waals surface area contributed by atoms with Gasteiger partial charge in [0.15, 0.2) is 0 Å². The number of amides is 2. The van der Waals surface area contributed by atoms with E-state index in [0.29, 0.717) is 12.2 Å². The molecule has 5 heteroatoms. The van der Waals surface area contributed by atoms with Crippen molar-refractivity contribution in [3.05, 3.63) is 29.8 Å². The van der Waals surface area contributed by atoms with Crippen molar-refractivity contribution in [3.8, 4) is 0 Å². The molecule has 0 radical (unpaired) electrons. The summed E-state index contributed by atoms with van der Waals surface area (Å²) in [5, 5.41) is 15.0. The topological polar surface area (TPSA) is 70.6 Å². The van der Waals surface area contributed by atoms with E-state index in [1.165, 1.54) is 0 Å². The molecule has 0 spiro atoms. The third-order valence-electron chi connectivity index (χ3n) is 3.92. The van der Waals surface area contributed by atoms with Gasteiger partial charge in [0.25, 0.3) is 0 Å². The number of aliphatic hydroxyl groups excluding tert-OH is 1. The standard InChI is InChI=1S/C15H22N2O3/c1-11(18)12-4-6-13(7-5-12)17-14(19)16-10-15(20-2)8-3-9-15/h4-7,11,18H,3,8-10H2,1-2H3,(H2,16,17,19). The van der Waals surface area contributed by atoms with E-state index in [-0.39, 0.29) is 11.6 Å². The maximum atomic E-state index is 11.8. The smallest absolute Gasteiger partial charge is 0.319 e. The molecule has 0 aliphatic heterocycles. The summed E-state index contributed by atoms with van der Waals surface area (Å²) >= 11 is 0. The predicted molar refractivity (Wildman–Crippen MR) is 77.7 cm³/mol. The van der Waals surface area contributed by atoms with Gasteiger partial charge < -0.3 is 20.5 Å². The SMILES string of the molecule is COC1(CNC(=O)Nc2ccc(C(C)O)cc2)CCC1. The monoisotopic (exact) mass is 278 g/mol. The van der Waals surface area contributed by atoms with Gasteiger partial charge in [-0.15, -0.1) is 0 Å². The summed E-state index contributed by atoms with van der Waals surface area (Å²) in [5.74, 6) is 0. The number of hydrogen-bond acceptors (Lipinski definition) is 3. The number of benzene rings is 1. The molecule has 1 unspecified atom stereocenters. The van der Waals surface area contributed by atoms with Gasteiger partial charge >= 0.3 is 6.03 Å². The van der Waals surface area contributed by atoms with Crippen LogP contribution in [0.4, 0.5) is 10.5 Å². The Morgan fingerprint density at radius 2 is 2.05 bits per heavy atom. The molecule has 0 saturated heterocycles. The number of carbonyl (C=O) groups is 1. The Hall–Kier alpha value is -1.59. The van der Waals surface area contributed by atoms with Crippen LogP contribution in [0.15, 0.2) is 24.3 Å². The molecule has 20 heavy (non-hydrogen) atoms. The van der Waals surface area contributed by atoms with Crippen molar-refractivity contribution in [2.24, 2.45) is 0 Å². The normalized spacial score (nSPS) is 17.9. The third kappa shape index (κ3) is 3.49. The molecule has 1 aromatic carbocycles. The summed E-state index contributed by atoms with van der Waals surface area (Å²) in [6.45, 7) is 2.24. The number of hydrogen-bond donors (Lipinski definition) is 3. The van der Waals surface area contributed by atoms with Crippen LogP contribution in [-0.4, -0.2) is 30.4 Å². The number of rotatable bonds is 5. The lowest BCUT2D eigenvalue weighted by Gasteiger charge is -2.40. The minimum atomic E-state index is -0.502. The molecular formula is C15H22N2O3. The van der Waals surface area contributed by atoms with Crippen molar-refractivity contribution in [3.63, 3.8) is 0 Å². The molecule has 2 rings (SSSR count). The maximum absolute atomic E-state index is 11.8. The van der Waals surface area contributed by atoms with Gasteiger partial charge in [-0.1, -0.05) is 12.1 Å². The second kappa shape index (κ2) is 6.24. The van der Waals surface area contributed by atoms with Crippen molar-refractivity contribution < 1.29 is 14.6 Å². The first-order valence-corrected chi connectivity index (χ1v) is 6.93. The van der Waals surface area contributed by atoms with Crippen molar-refractivity contribution in [2.45, 2.75) is 37.9 Å². The highest BCUT2D eigenvalue weighted by Crippen LogP contribution is 2.34. The summed E-state index contributed by atoms with van der Waals surface area (Å²) in [4.78, 5) is 11.8. The molecule has 1 saturated carbocycles. The van der Waals surface area contributed by atoms with Gasteiger partial charge in [0, 0.05) is 19.3 Å². The van der Waals surface area contributed by atoms with Crippen LogP contribution in [0.3, 0.4) is 0 Å². The Kier molecular flexibility index (Phi) is 4.62. The number of urea groups is 1. The van der Waals surface area contributed by atoms with Crippen LogP contribution >= 0.6 is 0 Å². The summed E-state index contributed by atoms with van der Waals surface area (Å²) in [5.41, 5.74) is 1.35. The average Bonchev–Trinajstić information content (AvgIpc) is 2.38. The predicted octanol–water partition coefficient (Wildman–Crippen LogP) is 2.43. The van der Waals surface area contributed by atoms with Gasteiger partial charge in [-0.3, -0.25) is 0 Å². The fraction of sp³-hybridized carbons (Fsp3) is 0.533. The minimum absolute atomic E-state index is 0.173. The quantitative estimate of drug-likeness (QED) is 0.774. The second-order valence-electron chi connectivity index (χ2n) is 5.35. The molecule has 1 aliphatic rings. The molecule has 110 valence electrons. The third-order valence-corrected chi connectivity index (χ3v) is 3.92. The molecule has 5 nitrogen and oxygen atoms in total. The van der Waals surface area contributed by atoms with Crippen LogP contribution in [0.25, 0.3) is 0 Å². The van der Waals surface area contributed by atoms with Crippen LogP contribution in [0.1, 0.15) is 37.9 Å². The molecule has 0 heterocycles. The zero-order valence-corrected chi connectivity index (χ0v) is 12.0. The molecule has 1 fully saturated rings. The summed E-state index contributed by atoms with van der Waals surface area (Å²) in [6.07, 6.45) is 2.63. The summed E-state index contributed by atoms with van der Waals surface area (Å²) in [6, 6.07) is 6.90. The molecule has 1 aliphatic carbocycles. The molecule has 0 bridgehead atoms.